The number of alkyl halides is 1. The van der Waals surface area contributed by atoms with E-state index in [9.17, 15) is 0 Å². The first-order valence-electron chi connectivity index (χ1n) is 8.03. The maximum atomic E-state index is 6.20. The standard InChI is InChI=1S/C16H32ClN/c1-3-4-5-6-7-8-13-18-16(14-17)11-9-15(2)10-12-16/h15,18H,3-14H2,1-2H3. The molecule has 0 aromatic carbocycles. The summed E-state index contributed by atoms with van der Waals surface area (Å²) in [5.41, 5.74) is 0.261. The molecular weight excluding hydrogens is 242 g/mol. The van der Waals surface area contributed by atoms with Crippen molar-refractivity contribution in [1.29, 1.82) is 0 Å². The molecular formula is C16H32ClN. The van der Waals surface area contributed by atoms with Gasteiger partial charge in [0.25, 0.3) is 0 Å². The molecule has 0 heterocycles. The fourth-order valence-corrected chi connectivity index (χ4v) is 3.29. The Labute approximate surface area is 119 Å². The molecule has 1 fully saturated rings. The number of hydrogen-bond acceptors (Lipinski definition) is 1. The Bertz CT molecular complexity index is 197. The minimum atomic E-state index is 0.261. The monoisotopic (exact) mass is 273 g/mol. The van der Waals surface area contributed by atoms with Gasteiger partial charge in [0, 0.05) is 11.4 Å². The van der Waals surface area contributed by atoms with Crippen molar-refractivity contribution < 1.29 is 0 Å². The van der Waals surface area contributed by atoms with Crippen LogP contribution < -0.4 is 5.32 Å². The van der Waals surface area contributed by atoms with Gasteiger partial charge in [0.1, 0.15) is 0 Å². The van der Waals surface area contributed by atoms with Gasteiger partial charge in [-0.1, -0.05) is 46.0 Å². The summed E-state index contributed by atoms with van der Waals surface area (Å²) < 4.78 is 0. The van der Waals surface area contributed by atoms with E-state index in [1.54, 1.807) is 0 Å². The van der Waals surface area contributed by atoms with Crippen LogP contribution in [0.1, 0.15) is 78.1 Å². The van der Waals surface area contributed by atoms with Crippen LogP contribution in [0.2, 0.25) is 0 Å². The molecule has 0 atom stereocenters. The molecule has 1 rings (SSSR count). The normalized spacial score (nSPS) is 28.5. The fourth-order valence-electron chi connectivity index (χ4n) is 2.93. The Morgan fingerprint density at radius 2 is 1.67 bits per heavy atom. The Morgan fingerprint density at radius 3 is 2.28 bits per heavy atom. The van der Waals surface area contributed by atoms with Gasteiger partial charge < -0.3 is 5.32 Å². The van der Waals surface area contributed by atoms with Gasteiger partial charge in [0.15, 0.2) is 0 Å². The molecule has 1 nitrogen and oxygen atoms in total. The molecule has 0 amide bonds. The highest BCUT2D eigenvalue weighted by Crippen LogP contribution is 2.32. The number of hydrogen-bond donors (Lipinski definition) is 1. The van der Waals surface area contributed by atoms with Gasteiger partial charge in [-0.05, 0) is 44.6 Å². The predicted octanol–water partition coefficient (Wildman–Crippen LogP) is 5.12. The largest absolute Gasteiger partial charge is 0.310 e. The van der Waals surface area contributed by atoms with Gasteiger partial charge in [-0.25, -0.2) is 0 Å². The van der Waals surface area contributed by atoms with E-state index in [2.05, 4.69) is 19.2 Å². The van der Waals surface area contributed by atoms with E-state index in [0.29, 0.717) is 0 Å². The number of halogens is 1. The highest BCUT2D eigenvalue weighted by molar-refractivity contribution is 6.18. The van der Waals surface area contributed by atoms with Crippen LogP contribution in [-0.4, -0.2) is 18.0 Å². The molecule has 1 saturated carbocycles. The van der Waals surface area contributed by atoms with E-state index in [-0.39, 0.29) is 5.54 Å². The van der Waals surface area contributed by atoms with Crippen molar-refractivity contribution in [1.82, 2.24) is 5.32 Å². The van der Waals surface area contributed by atoms with E-state index in [1.165, 1.54) is 64.2 Å². The summed E-state index contributed by atoms with van der Waals surface area (Å²) in [4.78, 5) is 0. The van der Waals surface area contributed by atoms with Crippen molar-refractivity contribution in [2.45, 2.75) is 83.6 Å². The van der Waals surface area contributed by atoms with Crippen molar-refractivity contribution in [2.24, 2.45) is 5.92 Å². The molecule has 0 radical (unpaired) electrons. The van der Waals surface area contributed by atoms with E-state index in [1.807, 2.05) is 0 Å². The zero-order valence-electron chi connectivity index (χ0n) is 12.4. The topological polar surface area (TPSA) is 12.0 Å². The first kappa shape index (κ1) is 16.3. The van der Waals surface area contributed by atoms with Gasteiger partial charge in [0.05, 0.1) is 0 Å². The van der Waals surface area contributed by atoms with Crippen LogP contribution in [0.25, 0.3) is 0 Å². The molecule has 0 aromatic heterocycles. The van der Waals surface area contributed by atoms with Crippen molar-refractivity contribution in [3.63, 3.8) is 0 Å². The maximum Gasteiger partial charge on any atom is 0.0406 e. The second-order valence-electron chi connectivity index (χ2n) is 6.29. The van der Waals surface area contributed by atoms with Crippen molar-refractivity contribution in [3.8, 4) is 0 Å². The summed E-state index contributed by atoms with van der Waals surface area (Å²) in [7, 11) is 0. The molecule has 0 bridgehead atoms. The lowest BCUT2D eigenvalue weighted by Crippen LogP contribution is -2.49. The minimum Gasteiger partial charge on any atom is -0.310 e. The molecule has 0 spiro atoms. The first-order valence-corrected chi connectivity index (χ1v) is 8.57. The third-order valence-electron chi connectivity index (χ3n) is 4.52. The number of unbranched alkanes of at least 4 members (excludes halogenated alkanes) is 5. The SMILES string of the molecule is CCCCCCCCNC1(CCl)CCC(C)CC1. The van der Waals surface area contributed by atoms with E-state index in [4.69, 9.17) is 11.6 Å². The zero-order chi connectivity index (χ0) is 13.3. The van der Waals surface area contributed by atoms with Gasteiger partial charge in [-0.3, -0.25) is 0 Å². The second kappa shape index (κ2) is 9.20. The predicted molar refractivity (Wildman–Crippen MR) is 82.5 cm³/mol. The summed E-state index contributed by atoms with van der Waals surface area (Å²) in [6.07, 6.45) is 13.5. The molecule has 1 aliphatic carbocycles. The van der Waals surface area contributed by atoms with E-state index >= 15 is 0 Å². The maximum absolute atomic E-state index is 6.20. The molecule has 108 valence electrons. The summed E-state index contributed by atoms with van der Waals surface area (Å²) in [5.74, 6) is 1.69. The molecule has 18 heavy (non-hydrogen) atoms. The Morgan fingerprint density at radius 1 is 1.06 bits per heavy atom. The number of nitrogens with one attached hydrogen (secondary N) is 1. The van der Waals surface area contributed by atoms with E-state index < -0.39 is 0 Å². The lowest BCUT2D eigenvalue weighted by Gasteiger charge is -2.39. The smallest absolute Gasteiger partial charge is 0.0406 e. The van der Waals surface area contributed by atoms with Crippen LogP contribution in [0.15, 0.2) is 0 Å². The van der Waals surface area contributed by atoms with Crippen LogP contribution in [0.4, 0.5) is 0 Å². The van der Waals surface area contributed by atoms with Crippen LogP contribution in [0, 0.1) is 5.92 Å². The quantitative estimate of drug-likeness (QED) is 0.454. The summed E-state index contributed by atoms with van der Waals surface area (Å²) in [5, 5.41) is 3.76. The molecule has 1 aliphatic rings. The lowest BCUT2D eigenvalue weighted by atomic mass is 9.78. The third-order valence-corrected chi connectivity index (χ3v) is 5.03. The summed E-state index contributed by atoms with van der Waals surface area (Å²) >= 11 is 6.20. The van der Waals surface area contributed by atoms with Crippen LogP contribution in [-0.2, 0) is 0 Å². The Balaban J connectivity index is 2.08. The van der Waals surface area contributed by atoms with Gasteiger partial charge in [-0.2, -0.15) is 0 Å². The zero-order valence-corrected chi connectivity index (χ0v) is 13.2. The van der Waals surface area contributed by atoms with Crippen LogP contribution >= 0.6 is 11.6 Å². The van der Waals surface area contributed by atoms with Crippen LogP contribution in [0.3, 0.4) is 0 Å². The highest BCUT2D eigenvalue weighted by atomic mass is 35.5. The fraction of sp³-hybridized carbons (Fsp3) is 1.00. The molecule has 0 aromatic rings. The van der Waals surface area contributed by atoms with Crippen molar-refractivity contribution >= 4 is 11.6 Å². The van der Waals surface area contributed by atoms with Crippen molar-refractivity contribution in [2.75, 3.05) is 12.4 Å². The Kier molecular flexibility index (Phi) is 8.33. The van der Waals surface area contributed by atoms with Gasteiger partial charge in [0.2, 0.25) is 0 Å². The number of rotatable bonds is 9. The molecule has 1 N–H and O–H groups in total. The van der Waals surface area contributed by atoms with Crippen molar-refractivity contribution in [3.05, 3.63) is 0 Å². The average Bonchev–Trinajstić information content (AvgIpc) is 2.40. The highest BCUT2D eigenvalue weighted by Gasteiger charge is 2.32. The Hall–Kier alpha value is 0.250. The molecule has 2 heteroatoms. The molecule has 0 unspecified atom stereocenters. The second-order valence-corrected chi connectivity index (χ2v) is 6.56. The summed E-state index contributed by atoms with van der Waals surface area (Å²) in [6, 6.07) is 0. The average molecular weight is 274 g/mol. The lowest BCUT2D eigenvalue weighted by molar-refractivity contribution is 0.217. The summed E-state index contributed by atoms with van der Waals surface area (Å²) in [6.45, 7) is 5.80. The molecule has 0 aliphatic heterocycles. The third kappa shape index (κ3) is 5.93. The van der Waals surface area contributed by atoms with E-state index in [0.717, 1.165) is 18.3 Å². The van der Waals surface area contributed by atoms with Gasteiger partial charge >= 0.3 is 0 Å². The first-order chi connectivity index (χ1) is 8.72. The van der Waals surface area contributed by atoms with Crippen LogP contribution in [0.5, 0.6) is 0 Å². The van der Waals surface area contributed by atoms with Gasteiger partial charge in [-0.15, -0.1) is 11.6 Å². The molecule has 0 saturated heterocycles. The minimum absolute atomic E-state index is 0.261.